The monoisotopic (exact) mass is 112 g/mol. The third-order valence-electron chi connectivity index (χ3n) is 0.836. The van der Waals surface area contributed by atoms with Crippen molar-refractivity contribution in [3.8, 4) is 0 Å². The summed E-state index contributed by atoms with van der Waals surface area (Å²) >= 11 is 0. The molecule has 1 rings (SSSR count). The van der Waals surface area contributed by atoms with E-state index in [1.54, 1.807) is 13.8 Å². The van der Waals surface area contributed by atoms with Crippen molar-refractivity contribution in [2.45, 2.75) is 13.8 Å². The number of hydrogen-bond donors (Lipinski definition) is 0. The molecule has 4 nitrogen and oxygen atoms in total. The number of nitrogens with zero attached hydrogens (tertiary/aromatic N) is 3. The van der Waals surface area contributed by atoms with Gasteiger partial charge in [0.25, 0.3) is 0 Å². The lowest BCUT2D eigenvalue weighted by molar-refractivity contribution is 0.837. The molecule has 0 aliphatic heterocycles. The fraction of sp³-hybridized carbons (Fsp3) is 0.500. The molecule has 8 heavy (non-hydrogen) atoms. The molecular weight excluding hydrogens is 106 g/mol. The molecule has 0 spiro atoms. The van der Waals surface area contributed by atoms with Crippen LogP contribution in [-0.4, -0.2) is 14.9 Å². The molecule has 4 heteroatoms. The maximum absolute atomic E-state index is 10.4. The molecule has 0 aliphatic carbocycles. The number of aryl methyl sites for hydroxylation is 2. The van der Waals surface area contributed by atoms with Crippen LogP contribution in [0, 0.1) is 19.1 Å². The molecule has 0 fully saturated rings. The second-order valence-electron chi connectivity index (χ2n) is 1.58. The van der Waals surface area contributed by atoms with E-state index in [1.165, 1.54) is 0 Å². The first-order valence-corrected chi connectivity index (χ1v) is 2.28. The van der Waals surface area contributed by atoms with Gasteiger partial charge in [0.2, 0.25) is 0 Å². The Hall–Kier alpha value is -1.06. The van der Waals surface area contributed by atoms with Gasteiger partial charge in [0.15, 0.2) is 0 Å². The molecule has 0 unspecified atom stereocenters. The Labute approximate surface area is 46.7 Å². The zero-order valence-electron chi connectivity index (χ0n) is 4.75. The van der Waals surface area contributed by atoms with Gasteiger partial charge in [0, 0.05) is 0 Å². The fourth-order valence-corrected chi connectivity index (χ4v) is 0.503. The maximum Gasteiger partial charge on any atom is 0.147 e. The van der Waals surface area contributed by atoms with Crippen LogP contribution in [-0.2, 0) is 0 Å². The largest absolute Gasteiger partial charge is 0.789 e. The van der Waals surface area contributed by atoms with Crippen molar-refractivity contribution < 1.29 is 0 Å². The average Bonchev–Trinajstić information content (AvgIpc) is 1.85. The summed E-state index contributed by atoms with van der Waals surface area (Å²) in [6, 6.07) is 0. The normalized spacial score (nSPS) is 9.75. The van der Waals surface area contributed by atoms with Crippen LogP contribution in [0.15, 0.2) is 0 Å². The Balaban J connectivity index is 3.14. The van der Waals surface area contributed by atoms with E-state index in [9.17, 15) is 5.21 Å². The molecule has 0 amide bonds. The summed E-state index contributed by atoms with van der Waals surface area (Å²) < 4.78 is 0. The van der Waals surface area contributed by atoms with Gasteiger partial charge in [-0.15, -0.1) is 0 Å². The van der Waals surface area contributed by atoms with Crippen molar-refractivity contribution in [2.24, 2.45) is 0 Å². The van der Waals surface area contributed by atoms with Crippen LogP contribution in [0.5, 0.6) is 0 Å². The van der Waals surface area contributed by atoms with Crippen LogP contribution in [0.3, 0.4) is 0 Å². The van der Waals surface area contributed by atoms with E-state index < -0.39 is 0 Å². The fourth-order valence-electron chi connectivity index (χ4n) is 0.503. The highest BCUT2D eigenvalue weighted by atomic mass is 16.5. The summed E-state index contributed by atoms with van der Waals surface area (Å²) in [5.74, 6) is 0.931. The molecule has 0 saturated heterocycles. The Morgan fingerprint density at radius 2 is 2.12 bits per heavy atom. The average molecular weight is 112 g/mol. The quantitative estimate of drug-likeness (QED) is 0.483. The SMILES string of the molecule is Cc1nc(C)n([O-])n1. The molecule has 0 saturated carbocycles. The zero-order chi connectivity index (χ0) is 6.15. The minimum absolute atomic E-state index is 0.405. The summed E-state index contributed by atoms with van der Waals surface area (Å²) in [6.45, 7) is 3.30. The standard InChI is InChI=1S/C4H6N3O/c1-3-5-4(2)7(8)6-3/h1-2H3/q-1. The summed E-state index contributed by atoms with van der Waals surface area (Å²) in [4.78, 5) is 4.26. The maximum atomic E-state index is 10.4. The molecule has 0 aliphatic rings. The third-order valence-corrected chi connectivity index (χ3v) is 0.836. The molecular formula is C4H6N3O-. The lowest BCUT2D eigenvalue weighted by Crippen LogP contribution is -1.89. The van der Waals surface area contributed by atoms with Crippen LogP contribution < -0.4 is 0 Å². The third kappa shape index (κ3) is 0.641. The second kappa shape index (κ2) is 1.47. The number of rotatable bonds is 0. The minimum Gasteiger partial charge on any atom is -0.789 e. The van der Waals surface area contributed by atoms with Gasteiger partial charge >= 0.3 is 0 Å². The van der Waals surface area contributed by atoms with Crippen molar-refractivity contribution in [3.05, 3.63) is 16.9 Å². The van der Waals surface area contributed by atoms with E-state index >= 15 is 0 Å². The summed E-state index contributed by atoms with van der Waals surface area (Å²) in [5, 5.41) is 13.8. The highest BCUT2D eigenvalue weighted by Gasteiger charge is 1.90. The Kier molecular flexibility index (Phi) is 0.932. The first-order valence-electron chi connectivity index (χ1n) is 2.28. The second-order valence-corrected chi connectivity index (χ2v) is 1.58. The molecule has 0 radical (unpaired) electrons. The highest BCUT2D eigenvalue weighted by Crippen LogP contribution is 1.90. The molecule has 1 aromatic rings. The van der Waals surface area contributed by atoms with Crippen LogP contribution in [0.1, 0.15) is 11.6 Å². The molecule has 0 N–H and O–H groups in total. The van der Waals surface area contributed by atoms with E-state index in [2.05, 4.69) is 10.1 Å². The van der Waals surface area contributed by atoms with Gasteiger partial charge in [-0.25, -0.2) is 4.98 Å². The molecule has 1 heterocycles. The van der Waals surface area contributed by atoms with Gasteiger partial charge in [-0.1, -0.05) is 0 Å². The molecule has 44 valence electrons. The Morgan fingerprint density at radius 1 is 1.50 bits per heavy atom. The highest BCUT2D eigenvalue weighted by molar-refractivity contribution is 4.88. The smallest absolute Gasteiger partial charge is 0.147 e. The van der Waals surface area contributed by atoms with Gasteiger partial charge < -0.3 is 5.21 Å². The van der Waals surface area contributed by atoms with Crippen LogP contribution in [0.25, 0.3) is 0 Å². The van der Waals surface area contributed by atoms with Gasteiger partial charge in [0.05, 0.1) is 0 Å². The van der Waals surface area contributed by atoms with Gasteiger partial charge in [0.1, 0.15) is 11.6 Å². The Bertz CT molecular complexity index is 174. The summed E-state index contributed by atoms with van der Waals surface area (Å²) in [7, 11) is 0. The van der Waals surface area contributed by atoms with Gasteiger partial charge in [-0.05, 0) is 13.8 Å². The van der Waals surface area contributed by atoms with Crippen molar-refractivity contribution in [2.75, 3.05) is 0 Å². The minimum atomic E-state index is 0.405. The molecule has 0 atom stereocenters. The first-order chi connectivity index (χ1) is 3.70. The summed E-state index contributed by atoms with van der Waals surface area (Å²) in [6.07, 6.45) is 0. The van der Waals surface area contributed by atoms with Crippen molar-refractivity contribution in [1.29, 1.82) is 0 Å². The lowest BCUT2D eigenvalue weighted by Gasteiger charge is -2.01. The number of aromatic nitrogens is 3. The van der Waals surface area contributed by atoms with Gasteiger partial charge in [-0.2, -0.15) is 5.10 Å². The zero-order valence-corrected chi connectivity index (χ0v) is 4.75. The van der Waals surface area contributed by atoms with E-state index in [4.69, 9.17) is 0 Å². The topological polar surface area (TPSA) is 53.8 Å². The van der Waals surface area contributed by atoms with Crippen molar-refractivity contribution >= 4 is 0 Å². The molecule has 0 bridgehead atoms. The predicted octanol–water partition coefficient (Wildman–Crippen LogP) is 0.241. The van der Waals surface area contributed by atoms with E-state index in [0.29, 0.717) is 16.5 Å². The number of hydrogen-bond acceptors (Lipinski definition) is 3. The van der Waals surface area contributed by atoms with E-state index in [1.807, 2.05) is 0 Å². The van der Waals surface area contributed by atoms with Crippen molar-refractivity contribution in [3.63, 3.8) is 0 Å². The van der Waals surface area contributed by atoms with E-state index in [0.717, 1.165) is 0 Å². The van der Waals surface area contributed by atoms with E-state index in [-0.39, 0.29) is 0 Å². The first kappa shape index (κ1) is 5.08. The van der Waals surface area contributed by atoms with Crippen LogP contribution in [0.4, 0.5) is 0 Å². The summed E-state index contributed by atoms with van der Waals surface area (Å²) in [5.41, 5.74) is 0. The molecule has 0 aromatic carbocycles. The molecule has 1 aromatic heterocycles. The lowest BCUT2D eigenvalue weighted by atomic mass is 10.7. The predicted molar refractivity (Wildman–Crippen MR) is 28.3 cm³/mol. The van der Waals surface area contributed by atoms with Crippen LogP contribution >= 0.6 is 0 Å². The van der Waals surface area contributed by atoms with Crippen molar-refractivity contribution in [1.82, 2.24) is 14.9 Å². The van der Waals surface area contributed by atoms with Crippen LogP contribution in [0.2, 0.25) is 0 Å². The van der Waals surface area contributed by atoms with Gasteiger partial charge in [-0.3, -0.25) is 4.85 Å². The Morgan fingerprint density at radius 3 is 2.25 bits per heavy atom.